The molecule has 0 radical (unpaired) electrons. The molecule has 10 aromatic carbocycles. The van der Waals surface area contributed by atoms with E-state index in [1.165, 1.54) is 109 Å². The normalized spacial score (nSPS) is 21.4. The van der Waals surface area contributed by atoms with E-state index in [0.29, 0.717) is 5.92 Å². The van der Waals surface area contributed by atoms with E-state index >= 15 is 0 Å². The Morgan fingerprint density at radius 3 is 1.65 bits per heavy atom. The molecule has 2 unspecified atom stereocenters. The Kier molecular flexibility index (Phi) is 9.09. The van der Waals surface area contributed by atoms with Crippen molar-refractivity contribution in [1.82, 2.24) is 4.57 Å². The van der Waals surface area contributed by atoms with Gasteiger partial charge in [0.15, 0.2) is 0 Å². The van der Waals surface area contributed by atoms with Crippen molar-refractivity contribution in [3.63, 3.8) is 0 Å². The maximum absolute atomic E-state index is 2.63. The van der Waals surface area contributed by atoms with Gasteiger partial charge in [-0.25, -0.2) is 0 Å². The summed E-state index contributed by atoms with van der Waals surface area (Å²) in [5.41, 5.74) is 17.5. The van der Waals surface area contributed by atoms with Crippen LogP contribution >= 0.6 is 0 Å². The van der Waals surface area contributed by atoms with Crippen LogP contribution in [-0.4, -0.2) is 4.57 Å². The molecule has 3 fully saturated rings. The van der Waals surface area contributed by atoms with Crippen LogP contribution in [0.25, 0.3) is 49.4 Å². The number of hydrogen-bond acceptors (Lipinski definition) is 1. The highest BCUT2D eigenvalue weighted by molar-refractivity contribution is 6.09. The van der Waals surface area contributed by atoms with Crippen LogP contribution in [-0.2, 0) is 10.8 Å². The lowest BCUT2D eigenvalue weighted by Crippen LogP contribution is -2.51. The van der Waals surface area contributed by atoms with Crippen molar-refractivity contribution < 1.29 is 0 Å². The average Bonchev–Trinajstić information content (AvgIpc) is 3.88. The predicted molar refractivity (Wildman–Crippen MR) is 295 cm³/mol. The molecule has 2 nitrogen and oxygen atoms in total. The Morgan fingerprint density at radius 1 is 0.394 bits per heavy atom. The molecule has 15 rings (SSSR count). The second-order valence-corrected chi connectivity index (χ2v) is 21.3. The maximum Gasteiger partial charge on any atom is 0.0708 e. The number of aromatic nitrogens is 1. The van der Waals surface area contributed by atoms with Crippen molar-refractivity contribution in [2.24, 2.45) is 23.7 Å². The van der Waals surface area contributed by atoms with Gasteiger partial charge in [0.2, 0.25) is 0 Å². The van der Waals surface area contributed by atoms with Crippen LogP contribution in [0.4, 0.5) is 17.1 Å². The quantitative estimate of drug-likeness (QED) is 0.155. The van der Waals surface area contributed by atoms with E-state index in [1.807, 2.05) is 0 Å². The molecule has 4 aliphatic carbocycles. The van der Waals surface area contributed by atoms with E-state index < -0.39 is 5.41 Å². The zero-order chi connectivity index (χ0) is 46.7. The van der Waals surface area contributed by atoms with Crippen LogP contribution in [0.2, 0.25) is 0 Å². The Morgan fingerprint density at radius 2 is 0.944 bits per heavy atom. The lowest BCUT2D eigenvalue weighted by Gasteiger charge is -2.57. The van der Waals surface area contributed by atoms with Crippen molar-refractivity contribution in [3.8, 4) is 16.8 Å². The molecule has 2 heteroatoms. The van der Waals surface area contributed by atoms with E-state index in [1.54, 1.807) is 11.1 Å². The third kappa shape index (κ3) is 5.94. The van der Waals surface area contributed by atoms with Crippen LogP contribution in [0, 0.1) is 23.7 Å². The van der Waals surface area contributed by atoms with Crippen molar-refractivity contribution in [3.05, 3.63) is 276 Å². The third-order valence-corrected chi connectivity index (χ3v) is 18.0. The minimum atomic E-state index is -0.538. The predicted octanol–water partition coefficient (Wildman–Crippen LogP) is 17.5. The summed E-state index contributed by atoms with van der Waals surface area (Å²) in [6.07, 6.45) is 6.77. The maximum atomic E-state index is 2.63. The van der Waals surface area contributed by atoms with Crippen LogP contribution in [0.5, 0.6) is 0 Å². The zero-order valence-corrected chi connectivity index (χ0v) is 39.8. The number of para-hydroxylation sites is 2. The summed E-state index contributed by atoms with van der Waals surface area (Å²) in [4.78, 5) is 2.54. The summed E-state index contributed by atoms with van der Waals surface area (Å²) < 4.78 is 2.39. The SMILES string of the molecule is c1ccc(C2(c3ccccc3)c3ccccc3C3(CC4C[C@H]5C[C@@H]4C[C@@H]3C5)c3ccc(N(c4ccc(-c5ccc(-n6c7ccccc7c7ccccc76)cc5)cc4)c4cccc5ccccc45)cc32)cc1. The van der Waals surface area contributed by atoms with Crippen LogP contribution in [0.3, 0.4) is 0 Å². The largest absolute Gasteiger partial charge is 0.310 e. The van der Waals surface area contributed by atoms with Crippen LogP contribution in [0.1, 0.15) is 65.5 Å². The van der Waals surface area contributed by atoms with Gasteiger partial charge in [-0.1, -0.05) is 188 Å². The smallest absolute Gasteiger partial charge is 0.0708 e. The van der Waals surface area contributed by atoms with Gasteiger partial charge >= 0.3 is 0 Å². The van der Waals surface area contributed by atoms with Gasteiger partial charge in [-0.15, -0.1) is 0 Å². The fourth-order valence-corrected chi connectivity index (χ4v) is 15.2. The van der Waals surface area contributed by atoms with Gasteiger partial charge in [0.05, 0.1) is 22.1 Å². The van der Waals surface area contributed by atoms with Gasteiger partial charge in [0.25, 0.3) is 0 Å². The average molecular weight is 911 g/mol. The summed E-state index contributed by atoms with van der Waals surface area (Å²) in [6.45, 7) is 0. The van der Waals surface area contributed by atoms with Crippen LogP contribution < -0.4 is 4.90 Å². The van der Waals surface area contributed by atoms with E-state index in [0.717, 1.165) is 29.1 Å². The van der Waals surface area contributed by atoms with Crippen molar-refractivity contribution in [2.45, 2.75) is 42.9 Å². The Bertz CT molecular complexity index is 3730. The molecule has 4 aliphatic rings. The standard InChI is InChI=1S/C69H54N2/c1-3-18-52(19-4-1)69(53-20-5-2-6-21-53)63-26-12-11-25-61(63)68(45-51-41-46-40-50(51)43-54(68)42-46)62-39-38-57(44-64(62)69)70(65-29-15-17-49-16-7-8-22-58(49)65)55-34-30-47(31-35-55)48-32-36-56(37-33-48)71-66-27-13-9-23-59(66)60-24-10-14-28-67(60)71/h1-39,44,46,50-51,54H,40-43,45H2/t46-,50-,51?,54+,68?/m1/s1. The molecule has 71 heavy (non-hydrogen) atoms. The minimum Gasteiger partial charge on any atom is -0.310 e. The fraction of sp³-hybridized carbons (Fsp3) is 0.159. The van der Waals surface area contributed by atoms with Gasteiger partial charge in [0, 0.05) is 38.6 Å². The Hall–Kier alpha value is -7.94. The zero-order valence-electron chi connectivity index (χ0n) is 39.8. The first-order chi connectivity index (χ1) is 35.2. The fourth-order valence-electron chi connectivity index (χ4n) is 15.2. The summed E-state index contributed by atoms with van der Waals surface area (Å²) in [7, 11) is 0. The first-order valence-electron chi connectivity index (χ1n) is 26.0. The Labute approximate surface area is 416 Å². The number of benzene rings is 10. The first kappa shape index (κ1) is 40.9. The number of rotatable bonds is 7. The molecule has 1 aromatic heterocycles. The van der Waals surface area contributed by atoms with Gasteiger partial charge < -0.3 is 9.47 Å². The third-order valence-electron chi connectivity index (χ3n) is 18.0. The van der Waals surface area contributed by atoms with E-state index in [-0.39, 0.29) is 5.41 Å². The van der Waals surface area contributed by atoms with Gasteiger partial charge in [-0.05, 0) is 160 Å². The monoisotopic (exact) mass is 910 g/mol. The summed E-state index contributed by atoms with van der Waals surface area (Å²) in [5.74, 6) is 3.13. The lowest BCUT2D eigenvalue weighted by atomic mass is 9.46. The van der Waals surface area contributed by atoms with Gasteiger partial charge in [-0.3, -0.25) is 0 Å². The summed E-state index contributed by atoms with van der Waals surface area (Å²) in [6, 6.07) is 91.9. The molecule has 0 N–H and O–H groups in total. The molecular weight excluding hydrogens is 857 g/mol. The van der Waals surface area contributed by atoms with Crippen molar-refractivity contribution >= 4 is 49.6 Å². The molecule has 3 saturated carbocycles. The molecule has 340 valence electrons. The van der Waals surface area contributed by atoms with E-state index in [2.05, 4.69) is 252 Å². The number of hydrogen-bond donors (Lipinski definition) is 0. The molecule has 1 heterocycles. The number of fused-ring (bicyclic) bond motifs is 11. The molecule has 3 bridgehead atoms. The number of anilines is 3. The molecular formula is C69H54N2. The molecule has 5 atom stereocenters. The molecule has 11 aromatic rings. The lowest BCUT2D eigenvalue weighted by molar-refractivity contribution is 0.0989. The van der Waals surface area contributed by atoms with Gasteiger partial charge in [0.1, 0.15) is 0 Å². The van der Waals surface area contributed by atoms with Crippen molar-refractivity contribution in [2.75, 3.05) is 4.90 Å². The molecule has 0 amide bonds. The van der Waals surface area contributed by atoms with Crippen molar-refractivity contribution in [1.29, 1.82) is 0 Å². The first-order valence-corrected chi connectivity index (χ1v) is 26.0. The minimum absolute atomic E-state index is 0.0448. The second-order valence-electron chi connectivity index (χ2n) is 21.3. The second kappa shape index (κ2) is 15.8. The number of nitrogens with zero attached hydrogens (tertiary/aromatic N) is 2. The topological polar surface area (TPSA) is 8.17 Å². The van der Waals surface area contributed by atoms with E-state index in [4.69, 9.17) is 0 Å². The highest BCUT2D eigenvalue weighted by Gasteiger charge is 2.61. The molecule has 0 aliphatic heterocycles. The molecule has 0 saturated heterocycles. The Balaban J connectivity index is 0.923. The molecule has 1 spiro atoms. The van der Waals surface area contributed by atoms with E-state index in [9.17, 15) is 0 Å². The summed E-state index contributed by atoms with van der Waals surface area (Å²) in [5, 5.41) is 5.02. The van der Waals surface area contributed by atoms with Crippen LogP contribution in [0.15, 0.2) is 243 Å². The highest BCUT2D eigenvalue weighted by Crippen LogP contribution is 2.69. The summed E-state index contributed by atoms with van der Waals surface area (Å²) >= 11 is 0. The van der Waals surface area contributed by atoms with Gasteiger partial charge in [-0.2, -0.15) is 0 Å². The highest BCUT2D eigenvalue weighted by atomic mass is 15.1.